The fraction of sp³-hybridized carbons (Fsp3) is 0.0476. The molecule has 0 spiro atoms. The number of aromatic nitrogens is 1. The molecule has 3 nitrogen and oxygen atoms in total. The summed E-state index contributed by atoms with van der Waals surface area (Å²) < 4.78 is 28.0. The van der Waals surface area contributed by atoms with Crippen molar-refractivity contribution in [2.24, 2.45) is 0 Å². The van der Waals surface area contributed by atoms with Gasteiger partial charge < -0.3 is 0 Å². The van der Waals surface area contributed by atoms with Gasteiger partial charge >= 0.3 is 0 Å². The van der Waals surface area contributed by atoms with Crippen molar-refractivity contribution in [1.29, 1.82) is 0 Å². The summed E-state index contributed by atoms with van der Waals surface area (Å²) >= 11 is 0. The summed E-state index contributed by atoms with van der Waals surface area (Å²) in [6.45, 7) is 0. The molecule has 124 valence electrons. The lowest BCUT2D eigenvalue weighted by molar-refractivity contribution is 0.587. The molecule has 0 bridgehead atoms. The molecule has 0 aliphatic rings. The van der Waals surface area contributed by atoms with Crippen molar-refractivity contribution in [2.75, 3.05) is 0 Å². The number of nitrogens with zero attached hydrogens (tertiary/aromatic N) is 1. The van der Waals surface area contributed by atoms with Gasteiger partial charge in [0.2, 0.25) is 0 Å². The quantitative estimate of drug-likeness (QED) is 0.546. The van der Waals surface area contributed by atoms with Crippen LogP contribution in [0.1, 0.15) is 11.3 Å². The molecule has 0 aliphatic carbocycles. The highest BCUT2D eigenvalue weighted by Crippen LogP contribution is 2.27. The van der Waals surface area contributed by atoms with Gasteiger partial charge in [-0.05, 0) is 29.8 Å². The maximum atomic E-state index is 13.3. The van der Waals surface area contributed by atoms with Crippen LogP contribution in [-0.4, -0.2) is 12.4 Å². The van der Waals surface area contributed by atoms with Gasteiger partial charge in [0.25, 0.3) is 10.0 Å². The molecule has 0 radical (unpaired) electrons. The summed E-state index contributed by atoms with van der Waals surface area (Å²) in [7, 11) is -3.66. The maximum Gasteiger partial charge on any atom is 0.268 e. The predicted octanol–water partition coefficient (Wildman–Crippen LogP) is 4.47. The zero-order valence-corrected chi connectivity index (χ0v) is 14.4. The first-order valence-corrected chi connectivity index (χ1v) is 9.54. The van der Waals surface area contributed by atoms with Crippen LogP contribution < -0.4 is 0 Å². The van der Waals surface area contributed by atoms with Gasteiger partial charge in [0.1, 0.15) is 0 Å². The Morgan fingerprint density at radius 3 is 2.04 bits per heavy atom. The highest BCUT2D eigenvalue weighted by atomic mass is 32.2. The predicted molar refractivity (Wildman–Crippen MR) is 100 cm³/mol. The highest BCUT2D eigenvalue weighted by molar-refractivity contribution is 7.90. The smallest absolute Gasteiger partial charge is 0.238 e. The maximum absolute atomic E-state index is 13.3. The van der Waals surface area contributed by atoms with E-state index >= 15 is 0 Å². The Labute approximate surface area is 147 Å². The van der Waals surface area contributed by atoms with E-state index in [1.54, 1.807) is 24.3 Å². The number of hydrogen-bond acceptors (Lipinski definition) is 2. The molecule has 0 unspecified atom stereocenters. The summed E-state index contributed by atoms with van der Waals surface area (Å²) in [6, 6.07) is 28.0. The third-order valence-corrected chi connectivity index (χ3v) is 6.03. The zero-order chi connectivity index (χ0) is 17.3. The third-order valence-electron chi connectivity index (χ3n) is 4.25. The van der Waals surface area contributed by atoms with Crippen molar-refractivity contribution in [3.05, 3.63) is 102 Å². The van der Waals surface area contributed by atoms with Gasteiger partial charge in [-0.1, -0.05) is 66.7 Å². The zero-order valence-electron chi connectivity index (χ0n) is 13.5. The molecule has 1 heterocycles. The fourth-order valence-corrected chi connectivity index (χ4v) is 4.66. The Morgan fingerprint density at radius 1 is 0.720 bits per heavy atom. The van der Waals surface area contributed by atoms with Crippen LogP contribution in [0.5, 0.6) is 0 Å². The molecule has 0 saturated carbocycles. The van der Waals surface area contributed by atoms with Gasteiger partial charge in [0.05, 0.1) is 10.4 Å². The highest BCUT2D eigenvalue weighted by Gasteiger charge is 2.22. The number of benzene rings is 3. The van der Waals surface area contributed by atoms with Crippen LogP contribution in [0.4, 0.5) is 0 Å². The molecule has 0 fully saturated rings. The summed E-state index contributed by atoms with van der Waals surface area (Å²) in [6.07, 6.45) is 0.557. The molecule has 0 aliphatic heterocycles. The minimum atomic E-state index is -3.66. The van der Waals surface area contributed by atoms with Gasteiger partial charge in [0.15, 0.2) is 0 Å². The minimum absolute atomic E-state index is 0.297. The Hall–Kier alpha value is -2.85. The van der Waals surface area contributed by atoms with E-state index in [4.69, 9.17) is 0 Å². The second-order valence-corrected chi connectivity index (χ2v) is 7.73. The first-order valence-electron chi connectivity index (χ1n) is 8.10. The van der Waals surface area contributed by atoms with E-state index in [0.29, 0.717) is 16.8 Å². The molecule has 3 aromatic carbocycles. The van der Waals surface area contributed by atoms with Gasteiger partial charge in [-0.25, -0.2) is 12.4 Å². The van der Waals surface area contributed by atoms with E-state index in [1.165, 1.54) is 3.97 Å². The van der Waals surface area contributed by atoms with Crippen LogP contribution in [0.3, 0.4) is 0 Å². The molecule has 4 rings (SSSR count). The van der Waals surface area contributed by atoms with Crippen LogP contribution in [0, 0.1) is 0 Å². The van der Waals surface area contributed by atoms with E-state index in [9.17, 15) is 8.42 Å². The molecule has 4 heteroatoms. The number of rotatable bonds is 4. The summed E-state index contributed by atoms with van der Waals surface area (Å²) in [4.78, 5) is 0.297. The monoisotopic (exact) mass is 347 g/mol. The van der Waals surface area contributed by atoms with Gasteiger partial charge in [-0.15, -0.1) is 0 Å². The van der Waals surface area contributed by atoms with Crippen molar-refractivity contribution in [3.63, 3.8) is 0 Å². The van der Waals surface area contributed by atoms with Crippen LogP contribution in [0.15, 0.2) is 95.9 Å². The molecule has 0 amide bonds. The molecule has 4 aromatic rings. The first kappa shape index (κ1) is 15.7. The SMILES string of the molecule is O=S(=O)(c1ccccc1)n1c(Cc2ccccc2)cc2ccccc21. The molecule has 1 aromatic heterocycles. The van der Waals surface area contributed by atoms with E-state index in [0.717, 1.165) is 16.6 Å². The lowest BCUT2D eigenvalue weighted by atomic mass is 10.1. The molecule has 0 saturated heterocycles. The van der Waals surface area contributed by atoms with Gasteiger partial charge in [0, 0.05) is 17.5 Å². The molecule has 0 atom stereocenters. The van der Waals surface area contributed by atoms with E-state index < -0.39 is 10.0 Å². The summed E-state index contributed by atoms with van der Waals surface area (Å²) in [5, 5.41) is 0.924. The Kier molecular flexibility index (Phi) is 3.90. The van der Waals surface area contributed by atoms with Crippen LogP contribution in [0.25, 0.3) is 10.9 Å². The van der Waals surface area contributed by atoms with Crippen molar-refractivity contribution < 1.29 is 8.42 Å². The third kappa shape index (κ3) is 2.85. The normalized spacial score (nSPS) is 11.7. The molecule has 0 N–H and O–H groups in total. The number of hydrogen-bond donors (Lipinski definition) is 0. The van der Waals surface area contributed by atoms with Gasteiger partial charge in [-0.3, -0.25) is 0 Å². The Morgan fingerprint density at radius 2 is 1.32 bits per heavy atom. The topological polar surface area (TPSA) is 39.1 Å². The largest absolute Gasteiger partial charge is 0.268 e. The summed E-state index contributed by atoms with van der Waals surface area (Å²) in [5.41, 5.74) is 2.54. The number of fused-ring (bicyclic) bond motifs is 1. The Bertz CT molecular complexity index is 1110. The van der Waals surface area contributed by atoms with E-state index in [1.807, 2.05) is 66.7 Å². The molecular formula is C21H17NO2S. The average molecular weight is 347 g/mol. The second kappa shape index (κ2) is 6.22. The summed E-state index contributed by atoms with van der Waals surface area (Å²) in [5.74, 6) is 0. The van der Waals surface area contributed by atoms with Crippen molar-refractivity contribution in [1.82, 2.24) is 3.97 Å². The van der Waals surface area contributed by atoms with E-state index in [-0.39, 0.29) is 0 Å². The van der Waals surface area contributed by atoms with Crippen LogP contribution >= 0.6 is 0 Å². The standard InChI is InChI=1S/C21H17NO2S/c23-25(24,20-12-5-2-6-13-20)22-19(15-17-9-3-1-4-10-17)16-18-11-7-8-14-21(18)22/h1-14,16H,15H2. The minimum Gasteiger partial charge on any atom is -0.238 e. The van der Waals surface area contributed by atoms with Crippen molar-refractivity contribution >= 4 is 20.9 Å². The van der Waals surface area contributed by atoms with Gasteiger partial charge in [-0.2, -0.15) is 0 Å². The average Bonchev–Trinajstić information content (AvgIpc) is 3.02. The van der Waals surface area contributed by atoms with Crippen LogP contribution in [-0.2, 0) is 16.4 Å². The van der Waals surface area contributed by atoms with Crippen LogP contribution in [0.2, 0.25) is 0 Å². The number of para-hydroxylation sites is 1. The van der Waals surface area contributed by atoms with Crippen molar-refractivity contribution in [3.8, 4) is 0 Å². The lowest BCUT2D eigenvalue weighted by Gasteiger charge is -2.12. The second-order valence-electron chi connectivity index (χ2n) is 5.94. The molecular weight excluding hydrogens is 330 g/mol. The van der Waals surface area contributed by atoms with E-state index in [2.05, 4.69) is 0 Å². The fourth-order valence-electron chi connectivity index (χ4n) is 3.10. The molecule has 25 heavy (non-hydrogen) atoms. The first-order chi connectivity index (χ1) is 12.2. The van der Waals surface area contributed by atoms with Crippen molar-refractivity contribution in [2.45, 2.75) is 11.3 Å². The lowest BCUT2D eigenvalue weighted by Crippen LogP contribution is -2.15. The Balaban J connectivity index is 1.94.